The number of rotatable bonds is 5. The SMILES string of the molecule is C=CCN.CCCNCCC. The average molecular weight is 158 g/mol. The van der Waals surface area contributed by atoms with E-state index in [9.17, 15) is 0 Å². The number of nitrogens with two attached hydrogens (primary N) is 1. The van der Waals surface area contributed by atoms with Crippen molar-refractivity contribution in [2.24, 2.45) is 5.73 Å². The summed E-state index contributed by atoms with van der Waals surface area (Å²) >= 11 is 0. The second-order valence-corrected chi connectivity index (χ2v) is 2.27. The molecule has 0 heterocycles. The van der Waals surface area contributed by atoms with Crippen molar-refractivity contribution in [3.05, 3.63) is 12.7 Å². The van der Waals surface area contributed by atoms with E-state index in [1.807, 2.05) is 0 Å². The zero-order valence-corrected chi connectivity index (χ0v) is 7.90. The van der Waals surface area contributed by atoms with E-state index < -0.39 is 0 Å². The first-order chi connectivity index (χ1) is 5.33. The Morgan fingerprint density at radius 2 is 1.64 bits per heavy atom. The Morgan fingerprint density at radius 3 is 1.82 bits per heavy atom. The van der Waals surface area contributed by atoms with Crippen molar-refractivity contribution < 1.29 is 0 Å². The van der Waals surface area contributed by atoms with Gasteiger partial charge in [0.2, 0.25) is 0 Å². The minimum atomic E-state index is 0.583. The van der Waals surface area contributed by atoms with E-state index in [4.69, 9.17) is 5.73 Å². The van der Waals surface area contributed by atoms with Gasteiger partial charge >= 0.3 is 0 Å². The summed E-state index contributed by atoms with van der Waals surface area (Å²) in [6.45, 7) is 10.7. The fourth-order valence-corrected chi connectivity index (χ4v) is 0.479. The zero-order chi connectivity index (χ0) is 8.95. The zero-order valence-electron chi connectivity index (χ0n) is 7.90. The predicted molar refractivity (Wildman–Crippen MR) is 52.7 cm³/mol. The summed E-state index contributed by atoms with van der Waals surface area (Å²) in [6, 6.07) is 0. The van der Waals surface area contributed by atoms with Crippen molar-refractivity contribution >= 4 is 0 Å². The highest BCUT2D eigenvalue weighted by Gasteiger charge is 1.76. The van der Waals surface area contributed by atoms with E-state index in [0.717, 1.165) is 0 Å². The Balaban J connectivity index is 0. The van der Waals surface area contributed by atoms with Crippen LogP contribution in [-0.2, 0) is 0 Å². The van der Waals surface area contributed by atoms with Gasteiger partial charge in [0.15, 0.2) is 0 Å². The highest BCUT2D eigenvalue weighted by molar-refractivity contribution is 4.64. The van der Waals surface area contributed by atoms with E-state index >= 15 is 0 Å². The molecule has 0 rings (SSSR count). The van der Waals surface area contributed by atoms with Crippen molar-refractivity contribution in [1.29, 1.82) is 0 Å². The molecular formula is C9H22N2. The fourth-order valence-electron chi connectivity index (χ4n) is 0.479. The molecule has 0 aliphatic rings. The summed E-state index contributed by atoms with van der Waals surface area (Å²) in [5.41, 5.74) is 4.91. The lowest BCUT2D eigenvalue weighted by Gasteiger charge is -1.95. The quantitative estimate of drug-likeness (QED) is 0.470. The summed E-state index contributed by atoms with van der Waals surface area (Å²) in [5, 5.41) is 3.28. The van der Waals surface area contributed by atoms with E-state index in [2.05, 4.69) is 25.7 Å². The van der Waals surface area contributed by atoms with Crippen molar-refractivity contribution in [1.82, 2.24) is 5.32 Å². The lowest BCUT2D eigenvalue weighted by Crippen LogP contribution is -2.14. The molecule has 0 saturated carbocycles. The van der Waals surface area contributed by atoms with Gasteiger partial charge in [0, 0.05) is 6.54 Å². The highest BCUT2D eigenvalue weighted by Crippen LogP contribution is 1.71. The molecule has 0 atom stereocenters. The average Bonchev–Trinajstić information content (AvgIpc) is 2.06. The molecule has 0 bridgehead atoms. The van der Waals surface area contributed by atoms with Crippen LogP contribution in [0.15, 0.2) is 12.7 Å². The largest absolute Gasteiger partial charge is 0.327 e. The van der Waals surface area contributed by atoms with Gasteiger partial charge in [-0.25, -0.2) is 0 Å². The molecule has 0 aliphatic heterocycles. The highest BCUT2D eigenvalue weighted by atomic mass is 14.8. The van der Waals surface area contributed by atoms with Gasteiger partial charge in [-0.3, -0.25) is 0 Å². The molecule has 0 saturated heterocycles. The van der Waals surface area contributed by atoms with Crippen LogP contribution in [0.5, 0.6) is 0 Å². The molecule has 0 fully saturated rings. The summed E-state index contributed by atoms with van der Waals surface area (Å²) in [4.78, 5) is 0. The van der Waals surface area contributed by atoms with Crippen molar-refractivity contribution in [3.8, 4) is 0 Å². The first kappa shape index (κ1) is 13.3. The lowest BCUT2D eigenvalue weighted by molar-refractivity contribution is 0.662. The Kier molecular flexibility index (Phi) is 19.7. The van der Waals surface area contributed by atoms with E-state index in [-0.39, 0.29) is 0 Å². The molecule has 2 nitrogen and oxygen atoms in total. The summed E-state index contributed by atoms with van der Waals surface area (Å²) < 4.78 is 0. The van der Waals surface area contributed by atoms with Gasteiger partial charge in [0.05, 0.1) is 0 Å². The number of hydrogen-bond acceptors (Lipinski definition) is 2. The van der Waals surface area contributed by atoms with Crippen LogP contribution < -0.4 is 11.1 Å². The minimum absolute atomic E-state index is 0.583. The molecule has 3 N–H and O–H groups in total. The van der Waals surface area contributed by atoms with Crippen LogP contribution in [0.25, 0.3) is 0 Å². The van der Waals surface area contributed by atoms with Crippen LogP contribution in [0.4, 0.5) is 0 Å². The van der Waals surface area contributed by atoms with Crippen molar-refractivity contribution in [2.75, 3.05) is 19.6 Å². The monoisotopic (exact) mass is 158 g/mol. The van der Waals surface area contributed by atoms with E-state index in [1.54, 1.807) is 6.08 Å². The first-order valence-corrected chi connectivity index (χ1v) is 4.35. The number of hydrogen-bond donors (Lipinski definition) is 2. The van der Waals surface area contributed by atoms with Gasteiger partial charge in [-0.05, 0) is 25.9 Å². The molecule has 0 unspecified atom stereocenters. The van der Waals surface area contributed by atoms with E-state index in [0.29, 0.717) is 6.54 Å². The van der Waals surface area contributed by atoms with Gasteiger partial charge in [-0.15, -0.1) is 6.58 Å². The van der Waals surface area contributed by atoms with Crippen LogP contribution in [0.2, 0.25) is 0 Å². The third kappa shape index (κ3) is 26.1. The molecule has 0 aromatic carbocycles. The standard InChI is InChI=1S/C6H15N.C3H7N/c1-3-5-7-6-4-2;1-2-3-4/h7H,3-6H2,1-2H3;2H,1,3-4H2. The molecule has 68 valence electrons. The maximum absolute atomic E-state index is 4.91. The predicted octanol–water partition coefficient (Wildman–Crippen LogP) is 1.53. The van der Waals surface area contributed by atoms with E-state index in [1.165, 1.54) is 25.9 Å². The Morgan fingerprint density at radius 1 is 1.27 bits per heavy atom. The molecule has 2 heteroatoms. The van der Waals surface area contributed by atoms with Crippen LogP contribution in [0, 0.1) is 0 Å². The molecule has 0 aromatic heterocycles. The van der Waals surface area contributed by atoms with Gasteiger partial charge in [-0.2, -0.15) is 0 Å². The van der Waals surface area contributed by atoms with Crippen LogP contribution >= 0.6 is 0 Å². The summed E-state index contributed by atoms with van der Waals surface area (Å²) in [7, 11) is 0. The topological polar surface area (TPSA) is 38.0 Å². The molecular weight excluding hydrogens is 136 g/mol. The third-order valence-electron chi connectivity index (χ3n) is 1.02. The molecule has 0 spiro atoms. The Bertz CT molecular complexity index is 58.6. The van der Waals surface area contributed by atoms with Crippen LogP contribution in [0.3, 0.4) is 0 Å². The Labute approximate surface area is 70.9 Å². The Hall–Kier alpha value is -0.340. The lowest BCUT2D eigenvalue weighted by atomic mass is 10.4. The van der Waals surface area contributed by atoms with Gasteiger partial charge in [0.25, 0.3) is 0 Å². The molecule has 0 radical (unpaired) electrons. The fraction of sp³-hybridized carbons (Fsp3) is 0.778. The maximum Gasteiger partial charge on any atom is 0.0104 e. The summed E-state index contributed by atoms with van der Waals surface area (Å²) in [6.07, 6.45) is 4.15. The molecule has 0 aromatic rings. The van der Waals surface area contributed by atoms with Gasteiger partial charge in [-0.1, -0.05) is 19.9 Å². The smallest absolute Gasteiger partial charge is 0.0104 e. The minimum Gasteiger partial charge on any atom is -0.327 e. The van der Waals surface area contributed by atoms with Crippen molar-refractivity contribution in [3.63, 3.8) is 0 Å². The van der Waals surface area contributed by atoms with Crippen LogP contribution in [0.1, 0.15) is 26.7 Å². The molecule has 0 amide bonds. The normalized spacial score (nSPS) is 8.27. The summed E-state index contributed by atoms with van der Waals surface area (Å²) in [5.74, 6) is 0. The number of nitrogens with one attached hydrogen (secondary N) is 1. The third-order valence-corrected chi connectivity index (χ3v) is 1.02. The molecule has 11 heavy (non-hydrogen) atoms. The second kappa shape index (κ2) is 16.3. The second-order valence-electron chi connectivity index (χ2n) is 2.27. The van der Waals surface area contributed by atoms with Gasteiger partial charge in [0.1, 0.15) is 0 Å². The first-order valence-electron chi connectivity index (χ1n) is 4.35. The van der Waals surface area contributed by atoms with Crippen molar-refractivity contribution in [2.45, 2.75) is 26.7 Å². The molecule has 0 aliphatic carbocycles. The maximum atomic E-state index is 4.91. The van der Waals surface area contributed by atoms with Crippen LogP contribution in [-0.4, -0.2) is 19.6 Å². The van der Waals surface area contributed by atoms with Gasteiger partial charge < -0.3 is 11.1 Å².